The van der Waals surface area contributed by atoms with E-state index in [1.807, 2.05) is 0 Å². The molecule has 0 bridgehead atoms. The molecule has 0 spiro atoms. The monoisotopic (exact) mass is 696 g/mol. The van der Waals surface area contributed by atoms with Crippen LogP contribution in [0.3, 0.4) is 0 Å². The van der Waals surface area contributed by atoms with E-state index in [9.17, 15) is 29.4 Å². The maximum atomic E-state index is 13.0. The lowest BCUT2D eigenvalue weighted by molar-refractivity contribution is -0.304. The lowest BCUT2D eigenvalue weighted by Crippen LogP contribution is -2.65. The highest BCUT2D eigenvalue weighted by Crippen LogP contribution is 2.38. The lowest BCUT2D eigenvalue weighted by atomic mass is 9.89. The second-order valence-corrected chi connectivity index (χ2v) is 11.9. The molecule has 1 aromatic heterocycles. The van der Waals surface area contributed by atoms with Crippen molar-refractivity contribution >= 4 is 34.4 Å². The standard InChI is InChI=1S/C35H40N2O13/c1-19(38)14-16-46-18-17-45-15-6-7-21-8-10-22(11-9-21)31(41)37-25-26(39)23-12-13-24(20(2)28(23)48-32(25)42)47-33-27(40)29(49-34(36)43)30(44-5)35(3,4)50-33/h8-13,27,29-30,33,39-40H,14-18H2,1-5H3,(H2,36,43)(H,37,41)/t27-,29+,30-,33-/m1/s1. The van der Waals surface area contributed by atoms with Crippen LogP contribution in [0.1, 0.15) is 48.7 Å². The second kappa shape index (κ2) is 16.6. The zero-order chi connectivity index (χ0) is 36.6. The molecule has 268 valence electrons. The first-order valence-electron chi connectivity index (χ1n) is 15.6. The van der Waals surface area contributed by atoms with Gasteiger partial charge >= 0.3 is 11.7 Å². The molecule has 3 aromatic rings. The minimum absolute atomic E-state index is 0.0420. The number of aromatic hydroxyl groups is 1. The van der Waals surface area contributed by atoms with Gasteiger partial charge in [-0.1, -0.05) is 11.8 Å². The third-order valence-electron chi connectivity index (χ3n) is 7.78. The van der Waals surface area contributed by atoms with Crippen molar-refractivity contribution in [3.8, 4) is 23.3 Å². The Morgan fingerprint density at radius 2 is 1.76 bits per heavy atom. The van der Waals surface area contributed by atoms with Gasteiger partial charge in [-0.2, -0.15) is 0 Å². The van der Waals surface area contributed by atoms with Crippen LogP contribution in [0.25, 0.3) is 11.0 Å². The summed E-state index contributed by atoms with van der Waals surface area (Å²) in [6.45, 7) is 7.56. The molecule has 4 rings (SSSR count). The van der Waals surface area contributed by atoms with Crippen molar-refractivity contribution in [1.82, 2.24) is 0 Å². The number of aryl methyl sites for hydroxylation is 1. The first-order valence-corrected chi connectivity index (χ1v) is 15.6. The Balaban J connectivity index is 1.43. The number of nitrogens with one attached hydrogen (secondary N) is 1. The van der Waals surface area contributed by atoms with Crippen molar-refractivity contribution in [2.45, 2.75) is 64.3 Å². The van der Waals surface area contributed by atoms with E-state index >= 15 is 0 Å². The number of carbonyl (C=O) groups excluding carboxylic acids is 3. The molecule has 1 fully saturated rings. The number of primary amides is 1. The third kappa shape index (κ3) is 9.17. The number of benzene rings is 2. The average Bonchev–Trinajstić information content (AvgIpc) is 3.05. The predicted molar refractivity (Wildman–Crippen MR) is 178 cm³/mol. The van der Waals surface area contributed by atoms with Crippen LogP contribution in [0.5, 0.6) is 11.5 Å². The number of rotatable bonds is 13. The van der Waals surface area contributed by atoms with Crippen LogP contribution < -0.4 is 21.4 Å². The van der Waals surface area contributed by atoms with E-state index in [0.717, 1.165) is 0 Å². The van der Waals surface area contributed by atoms with E-state index in [1.54, 1.807) is 32.9 Å². The molecule has 1 aliphatic heterocycles. The second-order valence-electron chi connectivity index (χ2n) is 11.9. The molecule has 4 atom stereocenters. The van der Waals surface area contributed by atoms with Gasteiger partial charge in [0.25, 0.3) is 5.91 Å². The molecule has 2 heterocycles. The summed E-state index contributed by atoms with van der Waals surface area (Å²) >= 11 is 0. The van der Waals surface area contributed by atoms with Gasteiger partial charge in [0.15, 0.2) is 23.6 Å². The number of ketones is 1. The Labute approximate surface area is 287 Å². The number of amides is 2. The predicted octanol–water partition coefficient (Wildman–Crippen LogP) is 2.78. The number of ether oxygens (including phenoxy) is 6. The molecular formula is C35H40N2O13. The Morgan fingerprint density at radius 3 is 2.42 bits per heavy atom. The minimum atomic E-state index is -1.52. The fourth-order valence-electron chi connectivity index (χ4n) is 5.26. The van der Waals surface area contributed by atoms with Gasteiger partial charge in [0.05, 0.1) is 30.8 Å². The van der Waals surface area contributed by atoms with Gasteiger partial charge in [-0.05, 0) is 64.1 Å². The summed E-state index contributed by atoms with van der Waals surface area (Å²) in [4.78, 5) is 48.4. The molecule has 50 heavy (non-hydrogen) atoms. The van der Waals surface area contributed by atoms with Crippen LogP contribution in [0, 0.1) is 18.8 Å². The maximum absolute atomic E-state index is 13.0. The van der Waals surface area contributed by atoms with Gasteiger partial charge in [-0.3, -0.25) is 9.59 Å². The van der Waals surface area contributed by atoms with Gasteiger partial charge in [-0.15, -0.1) is 0 Å². The van der Waals surface area contributed by atoms with Gasteiger partial charge in [0, 0.05) is 30.2 Å². The van der Waals surface area contributed by atoms with E-state index < -0.39 is 59.3 Å². The van der Waals surface area contributed by atoms with Gasteiger partial charge in [0.1, 0.15) is 29.8 Å². The van der Waals surface area contributed by atoms with Gasteiger partial charge in [-0.25, -0.2) is 9.59 Å². The van der Waals surface area contributed by atoms with E-state index in [1.165, 1.54) is 38.3 Å². The largest absolute Gasteiger partial charge is 0.505 e. The van der Waals surface area contributed by atoms with Crippen LogP contribution in [0.4, 0.5) is 10.5 Å². The smallest absolute Gasteiger partial charge is 0.404 e. The molecule has 1 saturated heterocycles. The number of aliphatic hydroxyl groups excluding tert-OH is 1. The van der Waals surface area contributed by atoms with Crippen molar-refractivity contribution in [2.75, 3.05) is 38.9 Å². The Kier molecular flexibility index (Phi) is 12.6. The number of carbonyl (C=O) groups is 3. The van der Waals surface area contributed by atoms with Crippen LogP contribution in [0.2, 0.25) is 0 Å². The Hall–Kier alpha value is -4.98. The fraction of sp³-hybridized carbons (Fsp3) is 0.429. The SMILES string of the molecule is CO[C@@H]1[C@@H](OC(N)=O)[C@@H](O)[C@H](Oc2ccc3c(O)c(NC(=O)c4ccc(C#CCOCCOCCC(C)=O)cc4)c(=O)oc3c2C)OC1(C)C. The zero-order valence-corrected chi connectivity index (χ0v) is 28.3. The van der Waals surface area contributed by atoms with Crippen molar-refractivity contribution < 1.29 is 57.4 Å². The summed E-state index contributed by atoms with van der Waals surface area (Å²) in [6, 6.07) is 9.10. The van der Waals surface area contributed by atoms with Crippen LogP contribution in [-0.4, -0.2) is 91.7 Å². The molecule has 5 N–H and O–H groups in total. The van der Waals surface area contributed by atoms with Crippen LogP contribution >= 0.6 is 0 Å². The molecule has 2 amide bonds. The highest BCUT2D eigenvalue weighted by Gasteiger charge is 2.53. The summed E-state index contributed by atoms with van der Waals surface area (Å²) in [5.41, 5.74) is 3.66. The van der Waals surface area contributed by atoms with Gasteiger partial charge < -0.3 is 54.1 Å². The third-order valence-corrected chi connectivity index (χ3v) is 7.78. The van der Waals surface area contributed by atoms with Crippen molar-refractivity contribution in [2.24, 2.45) is 5.73 Å². The summed E-state index contributed by atoms with van der Waals surface area (Å²) in [5, 5.41) is 24.5. The fourth-order valence-corrected chi connectivity index (χ4v) is 5.26. The summed E-state index contributed by atoms with van der Waals surface area (Å²) < 4.78 is 38.6. The summed E-state index contributed by atoms with van der Waals surface area (Å²) in [6.07, 6.45) is -5.76. The lowest BCUT2D eigenvalue weighted by Gasteiger charge is -2.47. The molecule has 15 nitrogen and oxygen atoms in total. The number of nitrogens with two attached hydrogens (primary N) is 1. The summed E-state index contributed by atoms with van der Waals surface area (Å²) in [5.74, 6) is 4.74. The average molecular weight is 697 g/mol. The molecule has 0 radical (unpaired) electrons. The molecule has 0 saturated carbocycles. The molecule has 0 unspecified atom stereocenters. The van der Waals surface area contributed by atoms with Crippen molar-refractivity contribution in [1.29, 1.82) is 0 Å². The number of methoxy groups -OCH3 is 1. The number of hydrogen-bond acceptors (Lipinski definition) is 13. The van der Waals surface area contributed by atoms with E-state index in [2.05, 4.69) is 17.2 Å². The Bertz CT molecular complexity index is 1820. The highest BCUT2D eigenvalue weighted by atomic mass is 16.7. The topological polar surface area (TPSA) is 215 Å². The van der Waals surface area contributed by atoms with E-state index in [-0.39, 0.29) is 40.2 Å². The molecule has 2 aromatic carbocycles. The first-order chi connectivity index (χ1) is 23.7. The van der Waals surface area contributed by atoms with Crippen molar-refractivity contribution in [3.63, 3.8) is 0 Å². The van der Waals surface area contributed by atoms with E-state index in [4.69, 9.17) is 38.6 Å². The molecular weight excluding hydrogens is 656 g/mol. The number of fused-ring (bicyclic) bond motifs is 1. The maximum Gasteiger partial charge on any atom is 0.404 e. The quantitative estimate of drug-likeness (QED) is 0.115. The van der Waals surface area contributed by atoms with Gasteiger partial charge in [0.2, 0.25) is 6.29 Å². The number of anilines is 1. The first kappa shape index (κ1) is 37.8. The normalized spacial score (nSPS) is 19.6. The molecule has 1 aliphatic rings. The van der Waals surface area contributed by atoms with Crippen LogP contribution in [0.15, 0.2) is 45.6 Å². The number of Topliss-reactive ketones (excluding diaryl/α,β-unsaturated/α-hetero) is 1. The number of hydrogen-bond donors (Lipinski definition) is 4. The van der Waals surface area contributed by atoms with Crippen molar-refractivity contribution in [3.05, 3.63) is 63.5 Å². The molecule has 0 aliphatic carbocycles. The highest BCUT2D eigenvalue weighted by molar-refractivity contribution is 6.06. The van der Waals surface area contributed by atoms with E-state index in [0.29, 0.717) is 31.8 Å². The number of aliphatic hydroxyl groups is 1. The zero-order valence-electron chi connectivity index (χ0n) is 28.3. The van der Waals surface area contributed by atoms with Crippen LogP contribution in [-0.2, 0) is 28.5 Å². The summed E-state index contributed by atoms with van der Waals surface area (Å²) in [7, 11) is 1.37. The minimum Gasteiger partial charge on any atom is -0.505 e. The molecule has 15 heteroatoms. The Morgan fingerprint density at radius 1 is 1.06 bits per heavy atom.